The summed E-state index contributed by atoms with van der Waals surface area (Å²) in [5.74, 6) is -0.411. The summed E-state index contributed by atoms with van der Waals surface area (Å²) in [7, 11) is 0. The van der Waals surface area contributed by atoms with E-state index in [-0.39, 0.29) is 17.6 Å². The molecule has 2 aromatic rings. The normalized spacial score (nSPS) is 12.0. The van der Waals surface area contributed by atoms with Crippen LogP contribution < -0.4 is 0 Å². The second kappa shape index (κ2) is 3.83. The number of carbonyl (C=O) groups is 1. The van der Waals surface area contributed by atoms with Gasteiger partial charge >= 0.3 is 6.18 Å². The maximum Gasteiger partial charge on any atom is 0.420 e. The third-order valence-corrected chi connectivity index (χ3v) is 2.20. The van der Waals surface area contributed by atoms with Crippen molar-refractivity contribution >= 4 is 17.5 Å². The van der Waals surface area contributed by atoms with Gasteiger partial charge in [-0.3, -0.25) is 4.79 Å². The van der Waals surface area contributed by atoms with Gasteiger partial charge in [-0.2, -0.15) is 18.2 Å². The van der Waals surface area contributed by atoms with Gasteiger partial charge in [-0.25, -0.2) is 4.98 Å². The summed E-state index contributed by atoms with van der Waals surface area (Å²) in [6.45, 7) is 1.68. The predicted molar refractivity (Wildman–Crippen MR) is 51.6 cm³/mol. The summed E-state index contributed by atoms with van der Waals surface area (Å²) in [6.07, 6.45) is -3.99. The van der Waals surface area contributed by atoms with Crippen LogP contribution in [-0.2, 0) is 12.6 Å². The molecule has 0 aliphatic carbocycles. The lowest BCUT2D eigenvalue weighted by molar-refractivity contribution is -0.136. The zero-order chi connectivity index (χ0) is 12.6. The standard InChI is InChI=1S/C10H7F3N2O2/c1-2-5-3-6(10(11,12)13)8-9(14-5)15-7(4-16)17-8/h3-4H,2H2,1H3. The molecule has 0 radical (unpaired) electrons. The molecule has 0 atom stereocenters. The molecule has 0 saturated heterocycles. The smallest absolute Gasteiger partial charge is 0.420 e. The van der Waals surface area contributed by atoms with Crippen molar-refractivity contribution in [1.29, 1.82) is 0 Å². The average Bonchev–Trinajstić information content (AvgIpc) is 2.68. The first-order valence-corrected chi connectivity index (χ1v) is 4.78. The number of nitrogens with zero attached hydrogens (tertiary/aromatic N) is 2. The fraction of sp³-hybridized carbons (Fsp3) is 0.300. The molecule has 0 amide bonds. The van der Waals surface area contributed by atoms with E-state index in [2.05, 4.69) is 9.97 Å². The molecule has 0 aliphatic heterocycles. The summed E-state index contributed by atoms with van der Waals surface area (Å²) in [4.78, 5) is 17.9. The molecule has 0 aliphatic rings. The van der Waals surface area contributed by atoms with Gasteiger partial charge in [-0.1, -0.05) is 6.92 Å². The van der Waals surface area contributed by atoms with Crippen molar-refractivity contribution in [1.82, 2.24) is 9.97 Å². The number of aryl methyl sites for hydroxylation is 1. The number of rotatable bonds is 2. The van der Waals surface area contributed by atoms with Gasteiger partial charge in [0.1, 0.15) is 5.56 Å². The molecule has 0 spiro atoms. The Kier molecular flexibility index (Phi) is 2.60. The first-order chi connectivity index (χ1) is 7.95. The van der Waals surface area contributed by atoms with Crippen molar-refractivity contribution in [3.8, 4) is 0 Å². The quantitative estimate of drug-likeness (QED) is 0.762. The third-order valence-electron chi connectivity index (χ3n) is 2.20. The van der Waals surface area contributed by atoms with Gasteiger partial charge in [0.25, 0.3) is 5.89 Å². The number of carbonyl (C=O) groups excluding carboxylic acids is 1. The van der Waals surface area contributed by atoms with E-state index in [1.54, 1.807) is 6.92 Å². The highest BCUT2D eigenvalue weighted by molar-refractivity contribution is 5.79. The molecule has 0 unspecified atom stereocenters. The van der Waals surface area contributed by atoms with Crippen molar-refractivity contribution in [2.24, 2.45) is 0 Å². The van der Waals surface area contributed by atoms with Crippen LogP contribution >= 0.6 is 0 Å². The number of oxazole rings is 1. The van der Waals surface area contributed by atoms with Crippen LogP contribution in [0.1, 0.15) is 28.9 Å². The molecule has 17 heavy (non-hydrogen) atoms. The van der Waals surface area contributed by atoms with Gasteiger partial charge in [-0.15, -0.1) is 0 Å². The van der Waals surface area contributed by atoms with Gasteiger partial charge in [0.15, 0.2) is 11.2 Å². The Morgan fingerprint density at radius 3 is 2.65 bits per heavy atom. The van der Waals surface area contributed by atoms with Crippen LogP contribution in [0.4, 0.5) is 13.2 Å². The van der Waals surface area contributed by atoms with Gasteiger partial charge in [0.2, 0.25) is 6.29 Å². The Labute approximate surface area is 93.5 Å². The van der Waals surface area contributed by atoms with E-state index in [4.69, 9.17) is 4.42 Å². The monoisotopic (exact) mass is 244 g/mol. The Hall–Kier alpha value is -1.92. The number of alkyl halides is 3. The van der Waals surface area contributed by atoms with Crippen molar-refractivity contribution in [2.75, 3.05) is 0 Å². The SMILES string of the molecule is CCc1cc(C(F)(F)F)c2oc(C=O)nc2n1. The molecule has 0 fully saturated rings. The number of aldehydes is 1. The summed E-state index contributed by atoms with van der Waals surface area (Å²) in [5, 5.41) is 0. The van der Waals surface area contributed by atoms with Crippen molar-refractivity contribution < 1.29 is 22.4 Å². The van der Waals surface area contributed by atoms with Crippen LogP contribution in [0, 0.1) is 0 Å². The van der Waals surface area contributed by atoms with E-state index in [9.17, 15) is 18.0 Å². The van der Waals surface area contributed by atoms with Crippen LogP contribution in [0.15, 0.2) is 10.5 Å². The van der Waals surface area contributed by atoms with E-state index in [0.717, 1.165) is 6.07 Å². The first kappa shape index (κ1) is 11.6. The number of aromatic nitrogens is 2. The highest BCUT2D eigenvalue weighted by Crippen LogP contribution is 2.35. The molecule has 0 saturated carbocycles. The van der Waals surface area contributed by atoms with Gasteiger partial charge in [-0.05, 0) is 12.5 Å². The van der Waals surface area contributed by atoms with Gasteiger partial charge in [0.05, 0.1) is 0 Å². The zero-order valence-electron chi connectivity index (χ0n) is 8.71. The Balaban J connectivity index is 2.78. The molecule has 7 heteroatoms. The molecule has 90 valence electrons. The van der Waals surface area contributed by atoms with E-state index in [0.29, 0.717) is 6.42 Å². The van der Waals surface area contributed by atoms with Crippen LogP contribution in [0.5, 0.6) is 0 Å². The summed E-state index contributed by atoms with van der Waals surface area (Å²) in [5.41, 5.74) is -1.41. The van der Waals surface area contributed by atoms with Crippen LogP contribution in [0.2, 0.25) is 0 Å². The largest absolute Gasteiger partial charge is 0.431 e. The molecule has 0 bridgehead atoms. The second-order valence-corrected chi connectivity index (χ2v) is 3.34. The van der Waals surface area contributed by atoms with Crippen molar-refractivity contribution in [3.63, 3.8) is 0 Å². The fourth-order valence-corrected chi connectivity index (χ4v) is 1.42. The van der Waals surface area contributed by atoms with Crippen LogP contribution in [0.25, 0.3) is 11.2 Å². The molecule has 2 rings (SSSR count). The number of hydrogen-bond acceptors (Lipinski definition) is 4. The molecule has 2 heterocycles. The minimum Gasteiger partial charge on any atom is -0.431 e. The lowest BCUT2D eigenvalue weighted by atomic mass is 10.2. The number of hydrogen-bond donors (Lipinski definition) is 0. The fourth-order valence-electron chi connectivity index (χ4n) is 1.42. The number of halogens is 3. The minimum atomic E-state index is -4.56. The maximum atomic E-state index is 12.7. The first-order valence-electron chi connectivity index (χ1n) is 4.78. The third kappa shape index (κ3) is 2.00. The number of fused-ring (bicyclic) bond motifs is 1. The predicted octanol–water partition coefficient (Wildman–Crippen LogP) is 2.62. The molecular weight excluding hydrogens is 237 g/mol. The van der Waals surface area contributed by atoms with Crippen LogP contribution in [-0.4, -0.2) is 16.3 Å². The Bertz CT molecular complexity index is 575. The van der Waals surface area contributed by atoms with E-state index in [1.165, 1.54) is 0 Å². The summed E-state index contributed by atoms with van der Waals surface area (Å²) >= 11 is 0. The van der Waals surface area contributed by atoms with E-state index >= 15 is 0 Å². The van der Waals surface area contributed by atoms with Crippen molar-refractivity contribution in [2.45, 2.75) is 19.5 Å². The van der Waals surface area contributed by atoms with Gasteiger partial charge in [0, 0.05) is 5.69 Å². The topological polar surface area (TPSA) is 56.0 Å². The van der Waals surface area contributed by atoms with Gasteiger partial charge < -0.3 is 4.42 Å². The molecule has 2 aromatic heterocycles. The lowest BCUT2D eigenvalue weighted by Gasteiger charge is -2.07. The molecule has 4 nitrogen and oxygen atoms in total. The minimum absolute atomic E-state index is 0.196. The average molecular weight is 244 g/mol. The van der Waals surface area contributed by atoms with Crippen molar-refractivity contribution in [3.05, 3.63) is 23.2 Å². The Morgan fingerprint density at radius 1 is 1.41 bits per heavy atom. The van der Waals surface area contributed by atoms with E-state index in [1.807, 2.05) is 0 Å². The summed E-state index contributed by atoms with van der Waals surface area (Å²) < 4.78 is 42.9. The molecule has 0 aromatic carbocycles. The second-order valence-electron chi connectivity index (χ2n) is 3.34. The van der Waals surface area contributed by atoms with Crippen LogP contribution in [0.3, 0.4) is 0 Å². The highest BCUT2D eigenvalue weighted by atomic mass is 19.4. The molecular formula is C10H7F3N2O2. The lowest BCUT2D eigenvalue weighted by Crippen LogP contribution is -2.07. The maximum absolute atomic E-state index is 12.7. The number of pyridine rings is 1. The van der Waals surface area contributed by atoms with E-state index < -0.39 is 23.2 Å². The molecule has 0 N–H and O–H groups in total. The summed E-state index contributed by atoms with van der Waals surface area (Å²) in [6, 6.07) is 0.905. The highest BCUT2D eigenvalue weighted by Gasteiger charge is 2.35. The zero-order valence-corrected chi connectivity index (χ0v) is 8.71. The Morgan fingerprint density at radius 2 is 2.12 bits per heavy atom.